The van der Waals surface area contributed by atoms with E-state index < -0.39 is 0 Å². The zero-order valence-corrected chi connectivity index (χ0v) is 10.4. The smallest absolute Gasteiger partial charge is 0.228 e. The van der Waals surface area contributed by atoms with E-state index in [1.807, 2.05) is 24.4 Å². The van der Waals surface area contributed by atoms with E-state index in [-0.39, 0.29) is 11.8 Å². The van der Waals surface area contributed by atoms with Crippen LogP contribution in [0.15, 0.2) is 36.8 Å². The molecule has 1 unspecified atom stereocenters. The van der Waals surface area contributed by atoms with Gasteiger partial charge in [0.05, 0.1) is 17.8 Å². The molecule has 6 heteroatoms. The van der Waals surface area contributed by atoms with E-state index in [0.717, 1.165) is 25.3 Å². The van der Waals surface area contributed by atoms with E-state index in [0.29, 0.717) is 5.69 Å². The largest absolute Gasteiger partial charge is 0.324 e. The first kappa shape index (κ1) is 11.9. The normalized spacial score (nSPS) is 18.4. The average molecular weight is 257 g/mol. The van der Waals surface area contributed by atoms with E-state index in [1.165, 1.54) is 0 Å². The summed E-state index contributed by atoms with van der Waals surface area (Å²) in [5.41, 5.74) is 0.716. The van der Waals surface area contributed by atoms with Crippen molar-refractivity contribution in [1.29, 1.82) is 0 Å². The Morgan fingerprint density at radius 1 is 1.47 bits per heavy atom. The molecule has 1 atom stereocenters. The summed E-state index contributed by atoms with van der Waals surface area (Å²) in [5, 5.41) is 10.2. The molecule has 0 radical (unpaired) electrons. The predicted octanol–water partition coefficient (Wildman–Crippen LogP) is 0.815. The van der Waals surface area contributed by atoms with Gasteiger partial charge >= 0.3 is 0 Å². The lowest BCUT2D eigenvalue weighted by Gasteiger charge is -2.09. The van der Waals surface area contributed by atoms with Gasteiger partial charge in [-0.15, -0.1) is 0 Å². The van der Waals surface area contributed by atoms with Gasteiger partial charge in [-0.05, 0) is 31.2 Å². The highest BCUT2D eigenvalue weighted by Crippen LogP contribution is 2.13. The van der Waals surface area contributed by atoms with Gasteiger partial charge in [-0.2, -0.15) is 5.10 Å². The summed E-state index contributed by atoms with van der Waals surface area (Å²) in [6.45, 7) is 1.67. The van der Waals surface area contributed by atoms with Crippen molar-refractivity contribution in [2.24, 2.45) is 5.92 Å². The van der Waals surface area contributed by atoms with Crippen molar-refractivity contribution >= 4 is 11.6 Å². The van der Waals surface area contributed by atoms with Gasteiger partial charge in [0, 0.05) is 18.9 Å². The first-order valence-corrected chi connectivity index (χ1v) is 6.30. The van der Waals surface area contributed by atoms with Crippen LogP contribution in [0.4, 0.5) is 5.69 Å². The molecule has 2 aromatic rings. The number of anilines is 1. The molecule has 0 aliphatic carbocycles. The number of hydrogen-bond acceptors (Lipinski definition) is 4. The highest BCUT2D eigenvalue weighted by molar-refractivity contribution is 5.92. The molecule has 2 aromatic heterocycles. The van der Waals surface area contributed by atoms with Crippen LogP contribution in [0.3, 0.4) is 0 Å². The summed E-state index contributed by atoms with van der Waals surface area (Å²) < 4.78 is 1.67. The van der Waals surface area contributed by atoms with Crippen molar-refractivity contribution in [3.63, 3.8) is 0 Å². The predicted molar refractivity (Wildman–Crippen MR) is 71.0 cm³/mol. The molecule has 3 heterocycles. The molecule has 19 heavy (non-hydrogen) atoms. The van der Waals surface area contributed by atoms with Crippen LogP contribution in [0.25, 0.3) is 5.82 Å². The highest BCUT2D eigenvalue weighted by atomic mass is 16.1. The first-order chi connectivity index (χ1) is 9.33. The van der Waals surface area contributed by atoms with Gasteiger partial charge in [0.2, 0.25) is 5.91 Å². The summed E-state index contributed by atoms with van der Waals surface area (Å²) in [4.78, 5) is 16.2. The molecule has 1 aliphatic rings. The third-order valence-corrected chi connectivity index (χ3v) is 3.19. The van der Waals surface area contributed by atoms with Crippen molar-refractivity contribution < 1.29 is 4.79 Å². The van der Waals surface area contributed by atoms with Crippen molar-refractivity contribution in [3.8, 4) is 5.82 Å². The number of nitrogens with one attached hydrogen (secondary N) is 2. The number of aromatic nitrogens is 3. The lowest BCUT2D eigenvalue weighted by Crippen LogP contribution is -2.24. The van der Waals surface area contributed by atoms with Crippen molar-refractivity contribution in [2.75, 3.05) is 18.4 Å². The van der Waals surface area contributed by atoms with E-state index in [9.17, 15) is 4.79 Å². The van der Waals surface area contributed by atoms with E-state index in [2.05, 4.69) is 20.7 Å². The standard InChI is InChI=1S/C13H15N5O/c19-13(10-4-6-14-8-10)17-11-2-3-12(15-9-11)18-7-1-5-16-18/h1-3,5,7,9-10,14H,4,6,8H2,(H,17,19). The molecule has 0 saturated carbocycles. The molecule has 1 fully saturated rings. The molecular weight excluding hydrogens is 242 g/mol. The number of carbonyl (C=O) groups is 1. The van der Waals surface area contributed by atoms with Crippen LogP contribution in [-0.4, -0.2) is 33.8 Å². The highest BCUT2D eigenvalue weighted by Gasteiger charge is 2.22. The molecule has 0 aromatic carbocycles. The number of amides is 1. The summed E-state index contributed by atoms with van der Waals surface area (Å²) in [6.07, 6.45) is 6.07. The number of hydrogen-bond donors (Lipinski definition) is 2. The van der Waals surface area contributed by atoms with Gasteiger partial charge in [-0.25, -0.2) is 9.67 Å². The second-order valence-corrected chi connectivity index (χ2v) is 4.53. The fourth-order valence-corrected chi connectivity index (χ4v) is 2.12. The minimum Gasteiger partial charge on any atom is -0.324 e. The number of rotatable bonds is 3. The fourth-order valence-electron chi connectivity index (χ4n) is 2.12. The van der Waals surface area contributed by atoms with Crippen LogP contribution in [0.2, 0.25) is 0 Å². The molecule has 3 rings (SSSR count). The number of carbonyl (C=O) groups excluding carboxylic acids is 1. The lowest BCUT2D eigenvalue weighted by molar-refractivity contribution is -0.119. The third-order valence-electron chi connectivity index (χ3n) is 3.19. The maximum atomic E-state index is 11.9. The van der Waals surface area contributed by atoms with E-state index in [4.69, 9.17) is 0 Å². The quantitative estimate of drug-likeness (QED) is 0.853. The van der Waals surface area contributed by atoms with Crippen molar-refractivity contribution in [3.05, 3.63) is 36.8 Å². The number of nitrogens with zero attached hydrogens (tertiary/aromatic N) is 3. The van der Waals surface area contributed by atoms with Gasteiger partial charge in [0.25, 0.3) is 0 Å². The Morgan fingerprint density at radius 3 is 3.05 bits per heavy atom. The SMILES string of the molecule is O=C(Nc1ccc(-n2cccn2)nc1)C1CCNC1. The average Bonchev–Trinajstić information content (AvgIpc) is 3.13. The van der Waals surface area contributed by atoms with Crippen LogP contribution >= 0.6 is 0 Å². The van der Waals surface area contributed by atoms with Crippen LogP contribution in [0, 0.1) is 5.92 Å². The van der Waals surface area contributed by atoms with Gasteiger partial charge in [0.1, 0.15) is 0 Å². The summed E-state index contributed by atoms with van der Waals surface area (Å²) >= 11 is 0. The maximum Gasteiger partial charge on any atom is 0.228 e. The summed E-state index contributed by atoms with van der Waals surface area (Å²) in [6, 6.07) is 5.50. The van der Waals surface area contributed by atoms with Gasteiger partial charge < -0.3 is 10.6 Å². The molecule has 0 bridgehead atoms. The zero-order chi connectivity index (χ0) is 13.1. The fraction of sp³-hybridized carbons (Fsp3) is 0.308. The molecular formula is C13H15N5O. The van der Waals surface area contributed by atoms with Crippen LogP contribution in [0.5, 0.6) is 0 Å². The van der Waals surface area contributed by atoms with Crippen molar-refractivity contribution in [2.45, 2.75) is 6.42 Å². The van der Waals surface area contributed by atoms with Crippen LogP contribution in [0.1, 0.15) is 6.42 Å². The van der Waals surface area contributed by atoms with Crippen LogP contribution in [-0.2, 0) is 4.79 Å². The topological polar surface area (TPSA) is 71.8 Å². The Morgan fingerprint density at radius 2 is 2.42 bits per heavy atom. The van der Waals surface area contributed by atoms with Crippen LogP contribution < -0.4 is 10.6 Å². The molecule has 1 aliphatic heterocycles. The second kappa shape index (κ2) is 5.19. The number of pyridine rings is 1. The zero-order valence-electron chi connectivity index (χ0n) is 10.4. The molecule has 6 nitrogen and oxygen atoms in total. The Labute approximate surface area is 110 Å². The van der Waals surface area contributed by atoms with Gasteiger partial charge in [-0.3, -0.25) is 4.79 Å². The molecule has 1 amide bonds. The Bertz CT molecular complexity index is 543. The van der Waals surface area contributed by atoms with Gasteiger partial charge in [-0.1, -0.05) is 0 Å². The molecule has 0 spiro atoms. The molecule has 1 saturated heterocycles. The maximum absolute atomic E-state index is 11.9. The minimum atomic E-state index is 0.0543. The minimum absolute atomic E-state index is 0.0543. The second-order valence-electron chi connectivity index (χ2n) is 4.53. The molecule has 98 valence electrons. The monoisotopic (exact) mass is 257 g/mol. The van der Waals surface area contributed by atoms with Crippen molar-refractivity contribution in [1.82, 2.24) is 20.1 Å². The Balaban J connectivity index is 1.67. The van der Waals surface area contributed by atoms with E-state index in [1.54, 1.807) is 17.1 Å². The lowest BCUT2D eigenvalue weighted by atomic mass is 10.1. The summed E-state index contributed by atoms with van der Waals surface area (Å²) in [7, 11) is 0. The molecule has 2 N–H and O–H groups in total. The van der Waals surface area contributed by atoms with Gasteiger partial charge in [0.15, 0.2) is 5.82 Å². The Hall–Kier alpha value is -2.21. The first-order valence-electron chi connectivity index (χ1n) is 6.30. The summed E-state index contributed by atoms with van der Waals surface area (Å²) in [5.74, 6) is 0.843. The van der Waals surface area contributed by atoms with E-state index >= 15 is 0 Å². The Kier molecular flexibility index (Phi) is 3.24. The third kappa shape index (κ3) is 2.63.